The second-order valence-electron chi connectivity index (χ2n) is 17.4. The number of carbonyl (C=O) groups excluding carboxylic acids is 3. The van der Waals surface area contributed by atoms with E-state index in [0.29, 0.717) is 17.9 Å². The maximum Gasteiger partial charge on any atom is 0.352 e. The molecule has 5 heterocycles. The fraction of sp³-hybridized carbons (Fsp3) is 0.543. The van der Waals surface area contributed by atoms with E-state index in [1.54, 1.807) is 6.92 Å². The standard InChI is InChI=1S/C38H44N4O8.C8H16O2/c1-22-29(36(38(47)48)40-35(22)33(23(2)43)37(40)46)21-50-30-8-4-7-25-28(19-32(45)49-3)27-18-24(9-10-26(27)34(25)30)6-5-11-41-12-15-42(16-13-41,17-14-41)20-31(39)44;1-3-5-6-7(4-2)8(9)10/h4,7-10,18-19,22-23,33,35,43H,5-6,11-17,20-21H2,1-3H3,(H-2,39,44,47,48);7H,3-6H2,1-2H3,(H,9,10)/p+2/t22-,23?,33?,35?,41?,42?;/m0./s1. The van der Waals surface area contributed by atoms with Crippen molar-refractivity contribution in [2.45, 2.75) is 78.4 Å². The lowest BCUT2D eigenvalue weighted by Crippen LogP contribution is -2.76. The topological polar surface area (TPSA) is 194 Å². The summed E-state index contributed by atoms with van der Waals surface area (Å²) in [6, 6.07) is 11.5. The molecule has 60 heavy (non-hydrogen) atoms. The summed E-state index contributed by atoms with van der Waals surface area (Å²) in [5, 5.41) is 28.9. The van der Waals surface area contributed by atoms with Crippen molar-refractivity contribution >= 4 is 35.3 Å². The number of aliphatic hydroxyl groups excluding tert-OH is 1. The SMILES string of the molecule is CCCCC(CC)C(=O)O.COC(=O)C=C1c2cc(CCC[N+]34CC[N+](CC(N)=O)(CC3)CC4)ccc2-c2c(OCC3=C(C(=O)O)N4C(=O)C(C(C)O)C4[C@H]3C)cccc21. The van der Waals surface area contributed by atoms with Crippen molar-refractivity contribution in [3.8, 4) is 16.9 Å². The summed E-state index contributed by atoms with van der Waals surface area (Å²) < 4.78 is 13.3. The van der Waals surface area contributed by atoms with Gasteiger partial charge in [-0.15, -0.1) is 0 Å². The number of methoxy groups -OCH3 is 1. The average Bonchev–Trinajstić information content (AvgIpc) is 3.65. The number of benzene rings is 2. The summed E-state index contributed by atoms with van der Waals surface area (Å²) >= 11 is 0. The van der Waals surface area contributed by atoms with E-state index >= 15 is 0 Å². The number of carboxylic acid groups (broad SMARTS) is 2. The maximum atomic E-state index is 12.8. The second-order valence-corrected chi connectivity index (χ2v) is 17.4. The van der Waals surface area contributed by atoms with Gasteiger partial charge in [-0.1, -0.05) is 63.9 Å². The summed E-state index contributed by atoms with van der Waals surface area (Å²) in [6.07, 6.45) is 6.23. The van der Waals surface area contributed by atoms with Gasteiger partial charge in [0.1, 0.15) is 57.3 Å². The van der Waals surface area contributed by atoms with Gasteiger partial charge in [0, 0.05) is 29.6 Å². The Morgan fingerprint density at radius 2 is 1.65 bits per heavy atom. The van der Waals surface area contributed by atoms with Crippen LogP contribution in [0.5, 0.6) is 5.75 Å². The molecular weight excluding hydrogens is 769 g/mol. The zero-order valence-electron chi connectivity index (χ0n) is 35.7. The molecule has 6 aliphatic rings. The van der Waals surface area contributed by atoms with Gasteiger partial charge in [-0.25, -0.2) is 9.59 Å². The molecule has 14 nitrogen and oxygen atoms in total. The molecule has 4 saturated heterocycles. The molecule has 0 aromatic heterocycles. The molecule has 2 amide bonds. The maximum absolute atomic E-state index is 12.8. The Labute approximate surface area is 352 Å². The molecule has 2 aromatic rings. The highest BCUT2D eigenvalue weighted by molar-refractivity contribution is 6.08. The molecule has 5 N–H and O–H groups in total. The number of unbranched alkanes of at least 4 members (excludes halogenated alkanes) is 1. The van der Waals surface area contributed by atoms with Gasteiger partial charge >= 0.3 is 17.9 Å². The third-order valence-electron chi connectivity index (χ3n) is 13.8. The minimum Gasteiger partial charge on any atom is -0.488 e. The summed E-state index contributed by atoms with van der Waals surface area (Å²) in [5.74, 6) is -3.44. The zero-order chi connectivity index (χ0) is 43.5. The van der Waals surface area contributed by atoms with Gasteiger partial charge in [-0.2, -0.15) is 0 Å². The molecule has 5 atom stereocenters. The van der Waals surface area contributed by atoms with Crippen molar-refractivity contribution < 1.29 is 57.7 Å². The first-order valence-corrected chi connectivity index (χ1v) is 21.5. The Morgan fingerprint density at radius 3 is 2.23 bits per heavy atom. The molecule has 324 valence electrons. The van der Waals surface area contributed by atoms with Crippen LogP contribution in [0.15, 0.2) is 53.7 Å². The average molecular weight is 831 g/mol. The number of carboxylic acids is 2. The Hall–Kier alpha value is -5.05. The third kappa shape index (κ3) is 8.73. The van der Waals surface area contributed by atoms with Gasteiger partial charge in [0.15, 0.2) is 6.54 Å². The van der Waals surface area contributed by atoms with Crippen LogP contribution in [0.1, 0.15) is 76.5 Å². The number of hydrogen-bond acceptors (Lipinski definition) is 8. The molecule has 5 aliphatic heterocycles. The number of quaternary nitrogens is 2. The molecule has 0 radical (unpaired) electrons. The molecular formula is C46H62N4O10+2. The van der Waals surface area contributed by atoms with Crippen molar-refractivity contribution in [2.24, 2.45) is 23.5 Å². The number of nitrogens with zero attached hydrogens (tertiary/aromatic N) is 3. The van der Waals surface area contributed by atoms with E-state index in [2.05, 4.69) is 25.1 Å². The molecule has 1 aliphatic carbocycles. The number of piperazine rings is 3. The van der Waals surface area contributed by atoms with Gasteiger partial charge in [-0.05, 0) is 60.1 Å². The summed E-state index contributed by atoms with van der Waals surface area (Å²) in [7, 11) is 1.35. The third-order valence-corrected chi connectivity index (χ3v) is 13.8. The van der Waals surface area contributed by atoms with Crippen LogP contribution in [-0.4, -0.2) is 137 Å². The zero-order valence-corrected chi connectivity index (χ0v) is 35.7. The fourth-order valence-corrected chi connectivity index (χ4v) is 10.2. The van der Waals surface area contributed by atoms with Crippen LogP contribution in [0, 0.1) is 17.8 Å². The lowest BCUT2D eigenvalue weighted by molar-refractivity contribution is -1.08. The summed E-state index contributed by atoms with van der Waals surface area (Å²) in [6.45, 7) is 15.1. The number of nitrogens with two attached hydrogens (primary N) is 1. The Kier molecular flexibility index (Phi) is 13.6. The van der Waals surface area contributed by atoms with E-state index < -0.39 is 36.0 Å². The highest BCUT2D eigenvalue weighted by Crippen LogP contribution is 2.51. The van der Waals surface area contributed by atoms with Crippen LogP contribution in [0.4, 0.5) is 0 Å². The van der Waals surface area contributed by atoms with E-state index in [9.17, 15) is 34.2 Å². The van der Waals surface area contributed by atoms with E-state index in [1.807, 2.05) is 32.0 Å². The molecule has 4 unspecified atom stereocenters. The van der Waals surface area contributed by atoms with Crippen LogP contribution in [0.2, 0.25) is 0 Å². The predicted octanol–water partition coefficient (Wildman–Crippen LogP) is 4.21. The molecule has 0 saturated carbocycles. The van der Waals surface area contributed by atoms with E-state index in [4.69, 9.17) is 20.3 Å². The van der Waals surface area contributed by atoms with Crippen LogP contribution >= 0.6 is 0 Å². The van der Waals surface area contributed by atoms with Gasteiger partial charge in [0.25, 0.3) is 5.91 Å². The molecule has 8 rings (SSSR count). The Morgan fingerprint density at radius 1 is 0.967 bits per heavy atom. The van der Waals surface area contributed by atoms with Crippen LogP contribution in [-0.2, 0) is 35.1 Å². The lowest BCUT2D eigenvalue weighted by Gasteiger charge is -2.55. The number of aryl methyl sites for hydroxylation is 1. The van der Waals surface area contributed by atoms with Crippen molar-refractivity contribution in [3.05, 3.63) is 70.4 Å². The largest absolute Gasteiger partial charge is 0.488 e. The van der Waals surface area contributed by atoms with Crippen molar-refractivity contribution in [1.82, 2.24) is 4.90 Å². The number of esters is 1. The van der Waals surface area contributed by atoms with Gasteiger partial charge in [0.05, 0.1) is 37.6 Å². The number of β-lactam (4-membered cyclic amide) rings is 1. The number of ether oxygens (including phenoxy) is 2. The number of fused-ring (bicyclic) bond motifs is 7. The van der Waals surface area contributed by atoms with Gasteiger partial charge < -0.3 is 44.4 Å². The van der Waals surface area contributed by atoms with Crippen LogP contribution < -0.4 is 10.5 Å². The Balaban J connectivity index is 0.000000537. The normalized spacial score (nSPS) is 26.3. The first kappa shape index (κ1) is 44.5. The first-order valence-electron chi connectivity index (χ1n) is 21.5. The molecule has 0 spiro atoms. The highest BCUT2D eigenvalue weighted by atomic mass is 16.5. The van der Waals surface area contributed by atoms with Gasteiger partial charge in [0.2, 0.25) is 5.91 Å². The van der Waals surface area contributed by atoms with Crippen LogP contribution in [0.3, 0.4) is 0 Å². The number of rotatable bonds is 17. The monoisotopic (exact) mass is 830 g/mol. The molecule has 2 bridgehead atoms. The number of primary amides is 1. The molecule has 14 heteroatoms. The van der Waals surface area contributed by atoms with E-state index in [1.165, 1.54) is 23.6 Å². The number of amides is 2. The smallest absolute Gasteiger partial charge is 0.352 e. The summed E-state index contributed by atoms with van der Waals surface area (Å²) in [5.41, 5.74) is 11.3. The quantitative estimate of drug-likeness (QED) is 0.0663. The van der Waals surface area contributed by atoms with E-state index in [-0.39, 0.29) is 36.0 Å². The minimum atomic E-state index is -1.20. The van der Waals surface area contributed by atoms with Crippen molar-refractivity contribution in [1.29, 1.82) is 0 Å². The fourth-order valence-electron chi connectivity index (χ4n) is 10.2. The minimum absolute atomic E-state index is 0.0436. The number of hydrogen-bond donors (Lipinski definition) is 4. The lowest BCUT2D eigenvalue weighted by atomic mass is 9.78. The Bertz CT molecular complexity index is 2050. The predicted molar refractivity (Wildman–Crippen MR) is 224 cm³/mol. The second kappa shape index (κ2) is 18.3. The van der Waals surface area contributed by atoms with E-state index in [0.717, 1.165) is 121 Å². The highest BCUT2D eigenvalue weighted by Gasteiger charge is 2.60. The number of aliphatic hydroxyl groups is 1. The molecule has 4 fully saturated rings. The first-order chi connectivity index (χ1) is 28.6. The van der Waals surface area contributed by atoms with Crippen molar-refractivity contribution in [3.63, 3.8) is 0 Å². The van der Waals surface area contributed by atoms with Crippen LogP contribution in [0.25, 0.3) is 16.7 Å². The number of carbonyl (C=O) groups is 5. The van der Waals surface area contributed by atoms with Crippen molar-refractivity contribution in [2.75, 3.05) is 66.1 Å². The summed E-state index contributed by atoms with van der Waals surface area (Å²) in [4.78, 5) is 61.1. The van der Waals surface area contributed by atoms with Gasteiger partial charge in [-0.3, -0.25) is 14.4 Å². The molecule has 2 aromatic carbocycles. The number of aliphatic carboxylic acids is 2.